The van der Waals surface area contributed by atoms with Crippen LogP contribution in [0.3, 0.4) is 0 Å². The average molecular weight is 249 g/mol. The zero-order valence-corrected chi connectivity index (χ0v) is 12.0. The second kappa shape index (κ2) is 6.55. The molecule has 1 aromatic carbocycles. The Labute approximate surface area is 110 Å². The van der Waals surface area contributed by atoms with Crippen molar-refractivity contribution >= 4 is 5.78 Å². The van der Waals surface area contributed by atoms with Crippen LogP contribution in [0.4, 0.5) is 0 Å². The number of ketones is 1. The number of nitrogens with zero attached hydrogens (tertiary/aromatic N) is 1. The summed E-state index contributed by atoms with van der Waals surface area (Å²) in [5.41, 5.74) is 3.58. The van der Waals surface area contributed by atoms with E-state index in [0.29, 0.717) is 6.42 Å². The monoisotopic (exact) mass is 249 g/mol. The topological polar surface area (TPSA) is 29.5 Å². The molecule has 100 valence electrons. The van der Waals surface area contributed by atoms with Crippen LogP contribution >= 0.6 is 0 Å². The van der Waals surface area contributed by atoms with Gasteiger partial charge in [0.25, 0.3) is 0 Å². The Morgan fingerprint density at radius 2 is 2.00 bits per heavy atom. The van der Waals surface area contributed by atoms with Crippen LogP contribution < -0.4 is 4.74 Å². The first kappa shape index (κ1) is 14.7. The molecule has 0 atom stereocenters. The summed E-state index contributed by atoms with van der Waals surface area (Å²) in [4.78, 5) is 13.1. The molecule has 0 unspecified atom stereocenters. The van der Waals surface area contributed by atoms with Crippen molar-refractivity contribution < 1.29 is 9.53 Å². The third kappa shape index (κ3) is 4.15. The lowest BCUT2D eigenvalue weighted by atomic mass is 10.0. The minimum Gasteiger partial charge on any atom is -0.496 e. The van der Waals surface area contributed by atoms with E-state index >= 15 is 0 Å². The van der Waals surface area contributed by atoms with Crippen LogP contribution in [0.15, 0.2) is 12.1 Å². The molecular weight excluding hydrogens is 226 g/mol. The highest BCUT2D eigenvalue weighted by atomic mass is 16.5. The third-order valence-corrected chi connectivity index (χ3v) is 2.99. The number of aryl methyl sites for hydroxylation is 2. The van der Waals surface area contributed by atoms with Gasteiger partial charge in [-0.1, -0.05) is 17.7 Å². The van der Waals surface area contributed by atoms with Gasteiger partial charge in [-0.05, 0) is 33.4 Å². The third-order valence-electron chi connectivity index (χ3n) is 2.99. The Hall–Kier alpha value is -1.35. The first-order valence-corrected chi connectivity index (χ1v) is 6.26. The summed E-state index contributed by atoms with van der Waals surface area (Å²) in [5.74, 6) is 1.18. The molecule has 1 aromatic rings. The molecule has 3 heteroatoms. The van der Waals surface area contributed by atoms with Gasteiger partial charge in [-0.2, -0.15) is 0 Å². The molecule has 0 spiro atoms. The van der Waals surface area contributed by atoms with Crippen molar-refractivity contribution in [3.8, 4) is 5.75 Å². The Bertz CT molecular complexity index is 427. The fourth-order valence-corrected chi connectivity index (χ4v) is 2.17. The van der Waals surface area contributed by atoms with Crippen LogP contribution in [-0.2, 0) is 11.3 Å². The smallest absolute Gasteiger partial charge is 0.131 e. The molecule has 18 heavy (non-hydrogen) atoms. The highest BCUT2D eigenvalue weighted by Gasteiger charge is 2.10. The summed E-state index contributed by atoms with van der Waals surface area (Å²) in [5, 5.41) is 0. The van der Waals surface area contributed by atoms with Crippen molar-refractivity contribution in [3.63, 3.8) is 0 Å². The Morgan fingerprint density at radius 1 is 1.33 bits per heavy atom. The maximum absolute atomic E-state index is 11.0. The van der Waals surface area contributed by atoms with Crippen molar-refractivity contribution in [2.75, 3.05) is 20.7 Å². The van der Waals surface area contributed by atoms with Crippen LogP contribution in [0.2, 0.25) is 0 Å². The molecule has 0 aliphatic carbocycles. The van der Waals surface area contributed by atoms with Crippen molar-refractivity contribution in [1.82, 2.24) is 4.90 Å². The molecule has 0 saturated heterocycles. The maximum Gasteiger partial charge on any atom is 0.131 e. The van der Waals surface area contributed by atoms with Gasteiger partial charge in [0, 0.05) is 25.1 Å². The lowest BCUT2D eigenvalue weighted by Gasteiger charge is -2.19. The summed E-state index contributed by atoms with van der Waals surface area (Å²) in [6.07, 6.45) is 0.601. The zero-order chi connectivity index (χ0) is 13.7. The summed E-state index contributed by atoms with van der Waals surface area (Å²) in [6, 6.07) is 4.27. The lowest BCUT2D eigenvalue weighted by molar-refractivity contribution is -0.117. The number of benzene rings is 1. The molecule has 0 heterocycles. The molecule has 0 amide bonds. The number of rotatable bonds is 6. The number of hydrogen-bond donors (Lipinski definition) is 0. The lowest BCUT2D eigenvalue weighted by Crippen LogP contribution is -2.21. The van der Waals surface area contributed by atoms with Gasteiger partial charge in [0.2, 0.25) is 0 Å². The van der Waals surface area contributed by atoms with Gasteiger partial charge < -0.3 is 9.64 Å². The molecule has 0 aromatic heterocycles. The predicted molar refractivity (Wildman–Crippen MR) is 74.1 cm³/mol. The van der Waals surface area contributed by atoms with Gasteiger partial charge >= 0.3 is 0 Å². The molecule has 1 rings (SSSR count). The van der Waals surface area contributed by atoms with Crippen LogP contribution in [0.25, 0.3) is 0 Å². The summed E-state index contributed by atoms with van der Waals surface area (Å²) < 4.78 is 5.46. The predicted octanol–water partition coefficient (Wildman–Crippen LogP) is 2.72. The SMILES string of the molecule is COc1c(C)cc(C)cc1CN(C)CCC(C)=O. The van der Waals surface area contributed by atoms with Crippen molar-refractivity contribution in [2.24, 2.45) is 0 Å². The Morgan fingerprint density at radius 3 is 2.56 bits per heavy atom. The molecule has 3 nitrogen and oxygen atoms in total. The summed E-state index contributed by atoms with van der Waals surface area (Å²) >= 11 is 0. The molecule has 0 aliphatic rings. The highest BCUT2D eigenvalue weighted by Crippen LogP contribution is 2.26. The van der Waals surface area contributed by atoms with Crippen LogP contribution in [-0.4, -0.2) is 31.4 Å². The van der Waals surface area contributed by atoms with E-state index in [1.54, 1.807) is 14.0 Å². The van der Waals surface area contributed by atoms with Crippen molar-refractivity contribution in [1.29, 1.82) is 0 Å². The van der Waals surface area contributed by atoms with Crippen molar-refractivity contribution in [2.45, 2.75) is 33.7 Å². The normalized spacial score (nSPS) is 10.8. The van der Waals surface area contributed by atoms with E-state index in [0.717, 1.165) is 24.4 Å². The van der Waals surface area contributed by atoms with E-state index in [2.05, 4.69) is 30.9 Å². The maximum atomic E-state index is 11.0. The average Bonchev–Trinajstić information content (AvgIpc) is 2.26. The van der Waals surface area contributed by atoms with Gasteiger partial charge in [0.05, 0.1) is 7.11 Å². The Balaban J connectivity index is 2.79. The van der Waals surface area contributed by atoms with Gasteiger partial charge in [-0.25, -0.2) is 0 Å². The minimum atomic E-state index is 0.231. The largest absolute Gasteiger partial charge is 0.496 e. The molecule has 0 aliphatic heterocycles. The van der Waals surface area contributed by atoms with Crippen molar-refractivity contribution in [3.05, 3.63) is 28.8 Å². The first-order valence-electron chi connectivity index (χ1n) is 6.26. The highest BCUT2D eigenvalue weighted by molar-refractivity contribution is 5.75. The standard InChI is InChI=1S/C15H23NO2/c1-11-8-12(2)15(18-5)14(9-11)10-16(4)7-6-13(3)17/h8-9H,6-7,10H2,1-5H3. The van der Waals surface area contributed by atoms with Crippen LogP contribution in [0, 0.1) is 13.8 Å². The first-order chi connectivity index (χ1) is 8.43. The second-order valence-corrected chi connectivity index (χ2v) is 4.96. The van der Waals surface area contributed by atoms with Gasteiger partial charge in [0.1, 0.15) is 11.5 Å². The molecule has 0 saturated carbocycles. The van der Waals surface area contributed by atoms with E-state index < -0.39 is 0 Å². The molecule has 0 bridgehead atoms. The van der Waals surface area contributed by atoms with E-state index in [4.69, 9.17) is 4.74 Å². The Kier molecular flexibility index (Phi) is 5.35. The number of hydrogen-bond acceptors (Lipinski definition) is 3. The number of carbonyl (C=O) groups is 1. The summed E-state index contributed by atoms with van der Waals surface area (Å²) in [6.45, 7) is 7.37. The number of Topliss-reactive ketones (excluding diaryl/α,β-unsaturated/α-hetero) is 1. The summed E-state index contributed by atoms with van der Waals surface area (Å²) in [7, 11) is 3.73. The molecular formula is C15H23NO2. The molecule has 0 N–H and O–H groups in total. The number of methoxy groups -OCH3 is 1. The van der Waals surface area contributed by atoms with E-state index in [1.807, 2.05) is 7.05 Å². The van der Waals surface area contributed by atoms with Crippen LogP contribution in [0.1, 0.15) is 30.0 Å². The van der Waals surface area contributed by atoms with E-state index in [1.165, 1.54) is 11.1 Å². The fourth-order valence-electron chi connectivity index (χ4n) is 2.17. The minimum absolute atomic E-state index is 0.231. The van der Waals surface area contributed by atoms with Crippen LogP contribution in [0.5, 0.6) is 5.75 Å². The molecule has 0 fully saturated rings. The van der Waals surface area contributed by atoms with Gasteiger partial charge in [-0.3, -0.25) is 4.79 Å². The van der Waals surface area contributed by atoms with Gasteiger partial charge in [-0.15, -0.1) is 0 Å². The zero-order valence-electron chi connectivity index (χ0n) is 12.0. The quantitative estimate of drug-likeness (QED) is 0.776. The number of carbonyl (C=O) groups excluding carboxylic acids is 1. The van der Waals surface area contributed by atoms with E-state index in [9.17, 15) is 4.79 Å². The second-order valence-electron chi connectivity index (χ2n) is 4.96. The number of ether oxygens (including phenoxy) is 1. The fraction of sp³-hybridized carbons (Fsp3) is 0.533. The van der Waals surface area contributed by atoms with E-state index in [-0.39, 0.29) is 5.78 Å². The molecule has 0 radical (unpaired) electrons. The van der Waals surface area contributed by atoms with Gasteiger partial charge in [0.15, 0.2) is 0 Å².